The van der Waals surface area contributed by atoms with E-state index in [1.54, 1.807) is 12.1 Å². The van der Waals surface area contributed by atoms with Crippen LogP contribution in [0.4, 0.5) is 4.79 Å². The topological polar surface area (TPSA) is 35.5 Å². The van der Waals surface area contributed by atoms with Crippen molar-refractivity contribution in [2.24, 2.45) is 0 Å². The molecule has 3 nitrogen and oxygen atoms in total. The van der Waals surface area contributed by atoms with Gasteiger partial charge in [0.2, 0.25) is 0 Å². The Bertz CT molecular complexity index is 277. The molecule has 0 aliphatic heterocycles. The van der Waals surface area contributed by atoms with Crippen LogP contribution in [0, 0.1) is 0 Å². The van der Waals surface area contributed by atoms with Crippen molar-refractivity contribution in [1.82, 2.24) is 0 Å². The van der Waals surface area contributed by atoms with Gasteiger partial charge in [0, 0.05) is 0 Å². The monoisotopic (exact) mass is 180 g/mol. The summed E-state index contributed by atoms with van der Waals surface area (Å²) in [6.07, 6.45) is 0.280. The molecular weight excluding hydrogens is 168 g/mol. The maximum atomic E-state index is 10.7. The van der Waals surface area contributed by atoms with Crippen molar-refractivity contribution in [3.8, 4) is 5.75 Å². The number of hydrogen-bond acceptors (Lipinski definition) is 3. The van der Waals surface area contributed by atoms with Gasteiger partial charge in [-0.1, -0.05) is 19.1 Å². The minimum atomic E-state index is -0.691. The molecule has 1 aromatic rings. The Morgan fingerprint density at radius 2 is 1.92 bits per heavy atom. The predicted molar refractivity (Wildman–Crippen MR) is 48.9 cm³/mol. The first-order valence-corrected chi connectivity index (χ1v) is 4.11. The lowest BCUT2D eigenvalue weighted by Crippen LogP contribution is -2.06. The molecule has 0 aromatic heterocycles. The highest BCUT2D eigenvalue weighted by molar-refractivity contribution is 5.63. The second kappa shape index (κ2) is 4.50. The molecule has 1 aromatic carbocycles. The lowest BCUT2D eigenvalue weighted by molar-refractivity contribution is 0.121. The number of ether oxygens (including phenoxy) is 2. The predicted octanol–water partition coefficient (Wildman–Crippen LogP) is 2.39. The van der Waals surface area contributed by atoms with Crippen LogP contribution in [0.3, 0.4) is 0 Å². The van der Waals surface area contributed by atoms with Gasteiger partial charge in [-0.3, -0.25) is 0 Å². The van der Waals surface area contributed by atoms with Gasteiger partial charge in [0.05, 0.1) is 7.11 Å². The highest BCUT2D eigenvalue weighted by Gasteiger charge is 2.01. The lowest BCUT2D eigenvalue weighted by atomic mass is 10.2. The zero-order chi connectivity index (χ0) is 9.68. The van der Waals surface area contributed by atoms with E-state index in [1.807, 2.05) is 12.1 Å². The van der Waals surface area contributed by atoms with Gasteiger partial charge >= 0.3 is 6.16 Å². The Balaban J connectivity index is 2.64. The first kappa shape index (κ1) is 9.58. The minimum absolute atomic E-state index is 0.504. The molecular formula is C10H12O3. The fourth-order valence-corrected chi connectivity index (χ4v) is 0.931. The van der Waals surface area contributed by atoms with Gasteiger partial charge in [-0.2, -0.15) is 0 Å². The molecule has 0 unspecified atom stereocenters. The molecule has 1 rings (SSSR count). The molecule has 0 aliphatic carbocycles. The van der Waals surface area contributed by atoms with Crippen molar-refractivity contribution in [3.05, 3.63) is 29.8 Å². The zero-order valence-corrected chi connectivity index (χ0v) is 7.74. The molecule has 0 radical (unpaired) electrons. The highest BCUT2D eigenvalue weighted by atomic mass is 16.7. The summed E-state index contributed by atoms with van der Waals surface area (Å²) in [4.78, 5) is 10.7. The molecule has 13 heavy (non-hydrogen) atoms. The summed E-state index contributed by atoms with van der Waals surface area (Å²) in [7, 11) is 1.28. The van der Waals surface area contributed by atoms with Crippen LogP contribution in [0.2, 0.25) is 0 Å². The van der Waals surface area contributed by atoms with E-state index < -0.39 is 6.16 Å². The van der Waals surface area contributed by atoms with Crippen LogP contribution in [0.5, 0.6) is 5.75 Å². The standard InChI is InChI=1S/C10H12O3/c1-3-8-4-6-9(7-5-8)13-10(11)12-2/h4-7H,3H2,1-2H3. The molecule has 0 saturated heterocycles. The zero-order valence-electron chi connectivity index (χ0n) is 7.74. The molecule has 70 valence electrons. The van der Waals surface area contributed by atoms with Crippen molar-refractivity contribution in [2.45, 2.75) is 13.3 Å². The molecule has 0 heterocycles. The molecule has 3 heteroatoms. The van der Waals surface area contributed by atoms with Crippen LogP contribution in [0.25, 0.3) is 0 Å². The highest BCUT2D eigenvalue weighted by Crippen LogP contribution is 2.12. The number of aryl methyl sites for hydroxylation is 1. The average molecular weight is 180 g/mol. The summed E-state index contributed by atoms with van der Waals surface area (Å²) in [6.45, 7) is 2.07. The SMILES string of the molecule is CCc1ccc(OC(=O)OC)cc1. The van der Waals surface area contributed by atoms with Crippen molar-refractivity contribution >= 4 is 6.16 Å². The van der Waals surface area contributed by atoms with Crippen LogP contribution in [0.1, 0.15) is 12.5 Å². The minimum Gasteiger partial charge on any atom is -0.437 e. The third kappa shape index (κ3) is 2.78. The molecule has 0 saturated carbocycles. The summed E-state index contributed by atoms with van der Waals surface area (Å²) in [5, 5.41) is 0. The summed E-state index contributed by atoms with van der Waals surface area (Å²) in [5.74, 6) is 0.504. The summed E-state index contributed by atoms with van der Waals surface area (Å²) >= 11 is 0. The fourth-order valence-electron chi connectivity index (χ4n) is 0.931. The van der Waals surface area contributed by atoms with Gasteiger partial charge in [0.25, 0.3) is 0 Å². The molecule has 0 fully saturated rings. The van der Waals surface area contributed by atoms with E-state index in [2.05, 4.69) is 11.7 Å². The van der Waals surface area contributed by atoms with Gasteiger partial charge in [0.15, 0.2) is 0 Å². The van der Waals surface area contributed by atoms with Crippen LogP contribution < -0.4 is 4.74 Å². The molecule has 0 aliphatic rings. The number of benzene rings is 1. The van der Waals surface area contributed by atoms with E-state index in [-0.39, 0.29) is 0 Å². The Hall–Kier alpha value is -1.51. The van der Waals surface area contributed by atoms with E-state index in [4.69, 9.17) is 4.74 Å². The van der Waals surface area contributed by atoms with Gasteiger partial charge < -0.3 is 9.47 Å². The number of carbonyl (C=O) groups is 1. The Morgan fingerprint density at radius 1 is 1.31 bits per heavy atom. The smallest absolute Gasteiger partial charge is 0.437 e. The van der Waals surface area contributed by atoms with Gasteiger partial charge in [-0.15, -0.1) is 0 Å². The van der Waals surface area contributed by atoms with Crippen molar-refractivity contribution < 1.29 is 14.3 Å². The van der Waals surface area contributed by atoms with Crippen molar-refractivity contribution in [2.75, 3.05) is 7.11 Å². The third-order valence-electron chi connectivity index (χ3n) is 1.70. The summed E-state index contributed by atoms with van der Waals surface area (Å²) in [6, 6.07) is 7.32. The first-order valence-electron chi connectivity index (χ1n) is 4.11. The third-order valence-corrected chi connectivity index (χ3v) is 1.70. The largest absolute Gasteiger partial charge is 0.513 e. The van der Waals surface area contributed by atoms with Crippen LogP contribution in [-0.4, -0.2) is 13.3 Å². The van der Waals surface area contributed by atoms with E-state index in [0.29, 0.717) is 5.75 Å². The lowest BCUT2D eigenvalue weighted by Gasteiger charge is -2.02. The summed E-state index contributed by atoms with van der Waals surface area (Å²) in [5.41, 5.74) is 1.21. The van der Waals surface area contributed by atoms with E-state index >= 15 is 0 Å². The second-order valence-electron chi connectivity index (χ2n) is 2.55. The molecule has 0 amide bonds. The number of hydrogen-bond donors (Lipinski definition) is 0. The molecule has 0 bridgehead atoms. The van der Waals surface area contributed by atoms with E-state index in [0.717, 1.165) is 6.42 Å². The van der Waals surface area contributed by atoms with Crippen LogP contribution >= 0.6 is 0 Å². The van der Waals surface area contributed by atoms with Crippen molar-refractivity contribution in [3.63, 3.8) is 0 Å². The average Bonchev–Trinajstić information content (AvgIpc) is 2.19. The van der Waals surface area contributed by atoms with E-state index in [1.165, 1.54) is 12.7 Å². The normalized spacial score (nSPS) is 9.38. The Morgan fingerprint density at radius 3 is 2.38 bits per heavy atom. The van der Waals surface area contributed by atoms with Gasteiger partial charge in [0.1, 0.15) is 5.75 Å². The number of rotatable bonds is 2. The van der Waals surface area contributed by atoms with Gasteiger partial charge in [-0.25, -0.2) is 4.79 Å². The van der Waals surface area contributed by atoms with Crippen LogP contribution in [0.15, 0.2) is 24.3 Å². The van der Waals surface area contributed by atoms with E-state index in [9.17, 15) is 4.79 Å². The Kier molecular flexibility index (Phi) is 3.31. The number of methoxy groups -OCH3 is 1. The molecule has 0 spiro atoms. The van der Waals surface area contributed by atoms with Crippen molar-refractivity contribution in [1.29, 1.82) is 0 Å². The first-order chi connectivity index (χ1) is 6.26. The quantitative estimate of drug-likeness (QED) is 0.517. The van der Waals surface area contributed by atoms with Crippen LogP contribution in [-0.2, 0) is 11.2 Å². The molecule has 0 N–H and O–H groups in total. The van der Waals surface area contributed by atoms with Gasteiger partial charge in [-0.05, 0) is 24.1 Å². The maximum absolute atomic E-state index is 10.7. The second-order valence-corrected chi connectivity index (χ2v) is 2.55. The summed E-state index contributed by atoms with van der Waals surface area (Å²) < 4.78 is 9.15. The maximum Gasteiger partial charge on any atom is 0.513 e. The number of carbonyl (C=O) groups excluding carboxylic acids is 1. The fraction of sp³-hybridized carbons (Fsp3) is 0.300. The molecule has 0 atom stereocenters. The Labute approximate surface area is 77.3 Å².